The monoisotopic (exact) mass is 342 g/mol. The minimum absolute atomic E-state index is 0.151. The van der Waals surface area contributed by atoms with Gasteiger partial charge in [-0.25, -0.2) is 4.79 Å². The summed E-state index contributed by atoms with van der Waals surface area (Å²) < 4.78 is 17.6. The molecule has 1 N–H and O–H groups in total. The van der Waals surface area contributed by atoms with E-state index in [1.807, 2.05) is 0 Å². The van der Waals surface area contributed by atoms with Crippen molar-refractivity contribution in [1.29, 1.82) is 0 Å². The molecule has 0 radical (unpaired) electrons. The van der Waals surface area contributed by atoms with Crippen LogP contribution in [-0.4, -0.2) is 26.0 Å². The average Bonchev–Trinajstić information content (AvgIpc) is 3.15. The third-order valence-electron chi connectivity index (χ3n) is 5.85. The largest absolute Gasteiger partial charge is 0.445 e. The van der Waals surface area contributed by atoms with Gasteiger partial charge in [-0.15, -0.1) is 0 Å². The Labute approximate surface area is 146 Å². The van der Waals surface area contributed by atoms with Crippen LogP contribution in [0, 0.1) is 0 Å². The Bertz CT molecular complexity index is 866. The first-order valence-electron chi connectivity index (χ1n) is 9.48. The normalized spacial score (nSPS) is 25.4. The number of hydrogen-bond donors (Lipinski definition) is 1. The standard InChI is InChI=1S/C20H23NO4/c22-20-16-6-2-1-5-14(16)15-7-8-18-17(19(15)25-20)11-21(12-24-18)10-13-4-3-9-23-13/h7-8,13H,1-6,9-12H2/p+1/t13-/m1/s1. The van der Waals surface area contributed by atoms with E-state index in [0.717, 1.165) is 86.1 Å². The number of rotatable bonds is 2. The second-order valence-corrected chi connectivity index (χ2v) is 7.53. The summed E-state index contributed by atoms with van der Waals surface area (Å²) in [5, 5.41) is 1.11. The molecule has 0 bridgehead atoms. The lowest BCUT2D eigenvalue weighted by Crippen LogP contribution is -3.13. The van der Waals surface area contributed by atoms with E-state index in [1.165, 1.54) is 10.5 Å². The van der Waals surface area contributed by atoms with E-state index in [2.05, 4.69) is 12.1 Å². The van der Waals surface area contributed by atoms with Gasteiger partial charge in [0.05, 0.1) is 5.56 Å². The van der Waals surface area contributed by atoms with Crippen LogP contribution in [0.4, 0.5) is 0 Å². The highest BCUT2D eigenvalue weighted by molar-refractivity contribution is 5.86. The van der Waals surface area contributed by atoms with Crippen LogP contribution >= 0.6 is 0 Å². The molecule has 132 valence electrons. The highest BCUT2D eigenvalue weighted by Gasteiger charge is 2.29. The topological polar surface area (TPSA) is 53.1 Å². The molecule has 2 aliphatic heterocycles. The van der Waals surface area contributed by atoms with Crippen LogP contribution in [0.3, 0.4) is 0 Å². The molecule has 3 heterocycles. The molecular formula is C20H24NO4+. The quantitative estimate of drug-likeness (QED) is 0.842. The zero-order chi connectivity index (χ0) is 16.8. The number of ether oxygens (including phenoxy) is 2. The van der Waals surface area contributed by atoms with Crippen molar-refractivity contribution in [3.8, 4) is 5.75 Å². The van der Waals surface area contributed by atoms with Crippen LogP contribution in [0.2, 0.25) is 0 Å². The van der Waals surface area contributed by atoms with E-state index >= 15 is 0 Å². The average molecular weight is 342 g/mol. The Morgan fingerprint density at radius 3 is 2.80 bits per heavy atom. The molecule has 1 unspecified atom stereocenters. The first-order chi connectivity index (χ1) is 12.3. The number of aryl methyl sites for hydroxylation is 1. The van der Waals surface area contributed by atoms with Gasteiger partial charge in [0.2, 0.25) is 6.73 Å². The lowest BCUT2D eigenvalue weighted by molar-refractivity contribution is -0.935. The molecule has 0 amide bonds. The molecule has 1 fully saturated rings. The van der Waals surface area contributed by atoms with Crippen LogP contribution in [0.1, 0.15) is 42.4 Å². The third-order valence-corrected chi connectivity index (χ3v) is 5.85. The van der Waals surface area contributed by atoms with Crippen LogP contribution < -0.4 is 15.3 Å². The van der Waals surface area contributed by atoms with Gasteiger partial charge in [0.15, 0.2) is 5.58 Å². The molecule has 1 aromatic heterocycles. The first kappa shape index (κ1) is 15.4. The fourth-order valence-electron chi connectivity index (χ4n) is 4.59. The van der Waals surface area contributed by atoms with Gasteiger partial charge in [-0.2, -0.15) is 0 Å². The molecule has 1 aliphatic carbocycles. The molecule has 0 spiro atoms. The highest BCUT2D eigenvalue weighted by atomic mass is 16.5. The number of benzene rings is 1. The number of fused-ring (bicyclic) bond motifs is 5. The number of quaternary nitrogens is 1. The zero-order valence-electron chi connectivity index (χ0n) is 14.4. The maximum Gasteiger partial charge on any atom is 0.339 e. The summed E-state index contributed by atoms with van der Waals surface area (Å²) in [6.07, 6.45) is 6.66. The summed E-state index contributed by atoms with van der Waals surface area (Å²) in [5.41, 5.74) is 3.72. The van der Waals surface area contributed by atoms with E-state index in [9.17, 15) is 4.79 Å². The molecule has 5 heteroatoms. The molecule has 25 heavy (non-hydrogen) atoms. The minimum atomic E-state index is -0.151. The summed E-state index contributed by atoms with van der Waals surface area (Å²) >= 11 is 0. The van der Waals surface area contributed by atoms with E-state index in [1.54, 1.807) is 0 Å². The molecule has 0 saturated carbocycles. The predicted molar refractivity (Wildman–Crippen MR) is 93.1 cm³/mol. The maximum absolute atomic E-state index is 12.5. The fraction of sp³-hybridized carbons (Fsp3) is 0.550. The van der Waals surface area contributed by atoms with Gasteiger partial charge >= 0.3 is 5.63 Å². The Balaban J connectivity index is 1.55. The van der Waals surface area contributed by atoms with Crippen LogP contribution in [0.25, 0.3) is 11.0 Å². The van der Waals surface area contributed by atoms with Crippen LogP contribution in [0.15, 0.2) is 21.3 Å². The lowest BCUT2D eigenvalue weighted by Gasteiger charge is -2.28. The second-order valence-electron chi connectivity index (χ2n) is 7.53. The van der Waals surface area contributed by atoms with E-state index in [-0.39, 0.29) is 5.63 Å². The van der Waals surface area contributed by atoms with E-state index in [4.69, 9.17) is 13.9 Å². The third kappa shape index (κ3) is 2.66. The van der Waals surface area contributed by atoms with Crippen molar-refractivity contribution in [2.45, 2.75) is 51.2 Å². The molecule has 3 aliphatic rings. The highest BCUT2D eigenvalue weighted by Crippen LogP contribution is 2.33. The van der Waals surface area contributed by atoms with Gasteiger partial charge in [-0.3, -0.25) is 4.90 Å². The molecular weight excluding hydrogens is 318 g/mol. The minimum Gasteiger partial charge on any atom is -0.445 e. The second kappa shape index (κ2) is 6.15. The van der Waals surface area contributed by atoms with Crippen molar-refractivity contribution in [2.75, 3.05) is 19.9 Å². The van der Waals surface area contributed by atoms with Crippen LogP contribution in [0.5, 0.6) is 5.75 Å². The molecule has 2 aromatic rings. The van der Waals surface area contributed by atoms with Gasteiger partial charge in [0.25, 0.3) is 0 Å². The zero-order valence-corrected chi connectivity index (χ0v) is 14.4. The molecule has 2 atom stereocenters. The summed E-state index contributed by atoms with van der Waals surface area (Å²) in [4.78, 5) is 13.8. The first-order valence-corrected chi connectivity index (χ1v) is 9.48. The van der Waals surface area contributed by atoms with Gasteiger partial charge in [0, 0.05) is 17.6 Å². The van der Waals surface area contributed by atoms with Crippen molar-refractivity contribution in [1.82, 2.24) is 0 Å². The summed E-state index contributed by atoms with van der Waals surface area (Å²) in [6, 6.07) is 4.13. The summed E-state index contributed by atoms with van der Waals surface area (Å²) in [7, 11) is 0. The Morgan fingerprint density at radius 1 is 1.08 bits per heavy atom. The maximum atomic E-state index is 12.5. The molecule has 1 saturated heterocycles. The van der Waals surface area contributed by atoms with Crippen molar-refractivity contribution in [3.63, 3.8) is 0 Å². The van der Waals surface area contributed by atoms with Crippen LogP contribution in [-0.2, 0) is 24.1 Å². The van der Waals surface area contributed by atoms with Crippen molar-refractivity contribution in [3.05, 3.63) is 39.2 Å². The Kier molecular flexibility index (Phi) is 3.79. The molecule has 5 rings (SSSR count). The SMILES string of the molecule is O=c1oc2c3c(ccc2c2c1CCCC2)OC[NH+](C[C@H]1CCCO1)C3. The Hall–Kier alpha value is -1.85. The number of hydrogen-bond acceptors (Lipinski definition) is 4. The summed E-state index contributed by atoms with van der Waals surface area (Å²) in [5.74, 6) is 0.863. The van der Waals surface area contributed by atoms with Gasteiger partial charge in [-0.1, -0.05) is 0 Å². The van der Waals surface area contributed by atoms with Crippen molar-refractivity contribution < 1.29 is 18.8 Å². The number of nitrogens with one attached hydrogen (secondary N) is 1. The van der Waals surface area contributed by atoms with Gasteiger partial charge in [-0.05, 0) is 56.2 Å². The molecule has 5 nitrogen and oxygen atoms in total. The molecule has 1 aromatic carbocycles. The van der Waals surface area contributed by atoms with Gasteiger partial charge in [0.1, 0.15) is 24.9 Å². The smallest absolute Gasteiger partial charge is 0.339 e. The van der Waals surface area contributed by atoms with Crippen molar-refractivity contribution in [2.24, 2.45) is 0 Å². The van der Waals surface area contributed by atoms with Gasteiger partial charge < -0.3 is 13.9 Å². The van der Waals surface area contributed by atoms with E-state index < -0.39 is 0 Å². The summed E-state index contributed by atoms with van der Waals surface area (Å²) in [6.45, 7) is 3.30. The predicted octanol–water partition coefficient (Wildman–Crippen LogP) is 1.59. The Morgan fingerprint density at radius 2 is 1.96 bits per heavy atom. The lowest BCUT2D eigenvalue weighted by atomic mass is 9.90. The van der Waals surface area contributed by atoms with E-state index in [0.29, 0.717) is 12.8 Å². The van der Waals surface area contributed by atoms with Crippen molar-refractivity contribution >= 4 is 11.0 Å². The fourth-order valence-corrected chi connectivity index (χ4v) is 4.59.